The molecule has 0 fully saturated rings. The molecule has 0 unspecified atom stereocenters. The van der Waals surface area contributed by atoms with Crippen LogP contribution in [-0.4, -0.2) is 37.4 Å². The highest BCUT2D eigenvalue weighted by atomic mass is 28.4. The number of ketones is 1. The Hall–Kier alpha value is -1.73. The largest absolute Gasteiger partial charge is 0.444 e. The molecule has 6 nitrogen and oxygen atoms in total. The van der Waals surface area contributed by atoms with E-state index in [2.05, 4.69) is 44.2 Å². The molecule has 0 atom stereocenters. The Morgan fingerprint density at radius 2 is 1.83 bits per heavy atom. The Morgan fingerprint density at radius 3 is 2.41 bits per heavy atom. The molecule has 1 amide bonds. The number of amides is 1. The first-order valence-corrected chi connectivity index (χ1v) is 13.0. The van der Waals surface area contributed by atoms with Gasteiger partial charge in [0.2, 0.25) is 0 Å². The van der Waals surface area contributed by atoms with E-state index in [0.29, 0.717) is 30.8 Å². The van der Waals surface area contributed by atoms with Crippen molar-refractivity contribution in [3.8, 4) is 0 Å². The van der Waals surface area contributed by atoms with Crippen molar-refractivity contribution in [2.45, 2.75) is 84.5 Å². The van der Waals surface area contributed by atoms with Gasteiger partial charge in [-0.1, -0.05) is 26.8 Å². The van der Waals surface area contributed by atoms with Gasteiger partial charge >= 0.3 is 6.09 Å². The molecule has 0 aliphatic heterocycles. The van der Waals surface area contributed by atoms with E-state index in [1.54, 1.807) is 39.1 Å². The Bertz CT molecular complexity index is 691. The Morgan fingerprint density at radius 1 is 1.17 bits per heavy atom. The lowest BCUT2D eigenvalue weighted by molar-refractivity contribution is -0.118. The van der Waals surface area contributed by atoms with Gasteiger partial charge in [-0.2, -0.15) is 0 Å². The maximum absolute atomic E-state index is 12.4. The van der Waals surface area contributed by atoms with Crippen LogP contribution in [0, 0.1) is 6.42 Å². The van der Waals surface area contributed by atoms with Crippen molar-refractivity contribution < 1.29 is 18.8 Å². The first-order valence-electron chi connectivity index (χ1n) is 10.1. The number of hydrogen-bond donors (Lipinski definition) is 1. The van der Waals surface area contributed by atoms with E-state index in [-0.39, 0.29) is 17.2 Å². The van der Waals surface area contributed by atoms with Crippen LogP contribution < -0.4 is 5.32 Å². The van der Waals surface area contributed by atoms with E-state index in [1.165, 1.54) is 0 Å². The zero-order chi connectivity index (χ0) is 22.3. The second kappa shape index (κ2) is 10.3. The van der Waals surface area contributed by atoms with Crippen molar-refractivity contribution in [3.05, 3.63) is 30.3 Å². The van der Waals surface area contributed by atoms with Gasteiger partial charge in [-0.05, 0) is 57.8 Å². The van der Waals surface area contributed by atoms with Gasteiger partial charge in [0.05, 0.1) is 0 Å². The normalized spacial score (nSPS) is 12.6. The van der Waals surface area contributed by atoms with Gasteiger partial charge in [0, 0.05) is 31.2 Å². The third-order valence-corrected chi connectivity index (χ3v) is 9.39. The predicted molar refractivity (Wildman–Crippen MR) is 119 cm³/mol. The molecular formula is C22H37N2O4Si. The summed E-state index contributed by atoms with van der Waals surface area (Å²) < 4.78 is 11.4. The minimum atomic E-state index is -1.76. The van der Waals surface area contributed by atoms with Gasteiger partial charge in [0.25, 0.3) is 0 Å². The average Bonchev–Trinajstić information content (AvgIpc) is 2.53. The number of unbranched alkanes of at least 4 members (excludes halogenated alkanes) is 1. The van der Waals surface area contributed by atoms with Crippen molar-refractivity contribution in [2.24, 2.45) is 0 Å². The number of hydrogen-bond acceptors (Lipinski definition) is 5. The number of rotatable bonds is 9. The van der Waals surface area contributed by atoms with Crippen molar-refractivity contribution in [1.29, 1.82) is 0 Å². The van der Waals surface area contributed by atoms with Crippen molar-refractivity contribution in [3.63, 3.8) is 0 Å². The summed E-state index contributed by atoms with van der Waals surface area (Å²) in [6.07, 6.45) is 4.34. The Kier molecular flexibility index (Phi) is 9.02. The number of carbonyl (C=O) groups excluding carboxylic acids is 2. The smallest absolute Gasteiger partial charge is 0.413 e. The molecule has 0 spiro atoms. The molecule has 1 aromatic rings. The summed E-state index contributed by atoms with van der Waals surface area (Å²) in [4.78, 5) is 28.5. The van der Waals surface area contributed by atoms with Crippen LogP contribution in [0.25, 0.3) is 0 Å². The van der Waals surface area contributed by atoms with Crippen LogP contribution in [0.5, 0.6) is 0 Å². The van der Waals surface area contributed by atoms with E-state index in [9.17, 15) is 9.59 Å². The number of pyridine rings is 1. The first-order chi connectivity index (χ1) is 13.2. The number of aromatic nitrogens is 1. The fraction of sp³-hybridized carbons (Fsp3) is 0.636. The van der Waals surface area contributed by atoms with E-state index < -0.39 is 20.0 Å². The average molecular weight is 422 g/mol. The molecule has 0 saturated heterocycles. The number of nitrogens with one attached hydrogen (secondary N) is 1. The molecule has 1 radical (unpaired) electrons. The summed E-state index contributed by atoms with van der Waals surface area (Å²) in [5.41, 5.74) is 0.0813. The van der Waals surface area contributed by atoms with Gasteiger partial charge in [0.1, 0.15) is 17.2 Å². The highest BCUT2D eigenvalue weighted by Crippen LogP contribution is 2.36. The summed E-state index contributed by atoms with van der Waals surface area (Å²) in [5, 5.41) is 2.81. The summed E-state index contributed by atoms with van der Waals surface area (Å²) in [6, 6.07) is 3.55. The summed E-state index contributed by atoms with van der Waals surface area (Å²) in [6.45, 7) is 17.0. The lowest BCUT2D eigenvalue weighted by Gasteiger charge is -2.36. The van der Waals surface area contributed by atoms with Gasteiger partial charge in [0.15, 0.2) is 8.32 Å². The van der Waals surface area contributed by atoms with Crippen LogP contribution in [0.15, 0.2) is 18.3 Å². The second-order valence-electron chi connectivity index (χ2n) is 9.75. The van der Waals surface area contributed by atoms with E-state index >= 15 is 0 Å². The number of anilines is 1. The molecule has 0 aliphatic carbocycles. The number of ether oxygens (including phenoxy) is 1. The van der Waals surface area contributed by atoms with Crippen LogP contribution in [0.4, 0.5) is 10.6 Å². The molecule has 1 N–H and O–H groups in total. The molecule has 1 rings (SSSR count). The maximum Gasteiger partial charge on any atom is 0.413 e. The Balaban J connectivity index is 2.48. The summed E-state index contributed by atoms with van der Waals surface area (Å²) in [7, 11) is -1.76. The van der Waals surface area contributed by atoms with Gasteiger partial charge in [-0.15, -0.1) is 0 Å². The van der Waals surface area contributed by atoms with Crippen LogP contribution in [0.2, 0.25) is 18.1 Å². The molecule has 29 heavy (non-hydrogen) atoms. The molecule has 163 valence electrons. The molecule has 0 bridgehead atoms. The van der Waals surface area contributed by atoms with E-state index in [4.69, 9.17) is 9.16 Å². The minimum Gasteiger partial charge on any atom is -0.444 e. The molecule has 0 aliphatic rings. The maximum atomic E-state index is 12.4. The van der Waals surface area contributed by atoms with E-state index in [0.717, 1.165) is 0 Å². The molecule has 0 aromatic carbocycles. The topological polar surface area (TPSA) is 77.5 Å². The standard InChI is InChI=1S/C22H37N2O4Si/c1-21(2,3)28-20(26)24-19-17(12-11-14-23-19)16-18(25)13-9-10-15-27-29(7,8)22(4,5)6/h10-12,14H,9,13,15-16H2,1-8H3,(H,23,24,26). The third-order valence-electron chi connectivity index (χ3n) is 4.89. The minimum absolute atomic E-state index is 0.0915. The van der Waals surface area contributed by atoms with E-state index in [1.807, 2.05) is 6.42 Å². The lowest BCUT2D eigenvalue weighted by atomic mass is 10.1. The van der Waals surface area contributed by atoms with Crippen LogP contribution >= 0.6 is 0 Å². The Labute approximate surface area is 176 Å². The van der Waals surface area contributed by atoms with Crippen molar-refractivity contribution >= 4 is 26.0 Å². The predicted octanol–water partition coefficient (Wildman–Crippen LogP) is 5.55. The second-order valence-corrected chi connectivity index (χ2v) is 14.6. The van der Waals surface area contributed by atoms with Crippen molar-refractivity contribution in [2.75, 3.05) is 11.9 Å². The number of Topliss-reactive ketones (excluding diaryl/α,β-unsaturated/α-hetero) is 1. The zero-order valence-corrected chi connectivity index (χ0v) is 20.2. The summed E-state index contributed by atoms with van der Waals surface area (Å²) in [5.74, 6) is 0.453. The van der Waals surface area contributed by atoms with Crippen LogP contribution in [0.1, 0.15) is 59.9 Å². The molecule has 1 aromatic heterocycles. The third kappa shape index (κ3) is 9.54. The molecular weight excluding hydrogens is 384 g/mol. The fourth-order valence-corrected chi connectivity index (χ4v) is 3.19. The fourth-order valence-electron chi connectivity index (χ4n) is 2.23. The quantitative estimate of drug-likeness (QED) is 0.418. The monoisotopic (exact) mass is 421 g/mol. The van der Waals surface area contributed by atoms with Gasteiger partial charge in [-0.25, -0.2) is 9.78 Å². The SMILES string of the molecule is CC(C)(C)OC(=O)Nc1ncccc1CC(=O)CC[CH]CO[Si](C)(C)C(C)(C)C. The number of carbonyl (C=O) groups is 2. The molecule has 7 heteroatoms. The highest BCUT2D eigenvalue weighted by molar-refractivity contribution is 6.74. The first kappa shape index (κ1) is 25.3. The molecule has 0 saturated carbocycles. The zero-order valence-electron chi connectivity index (χ0n) is 19.2. The van der Waals surface area contributed by atoms with Crippen molar-refractivity contribution in [1.82, 2.24) is 4.98 Å². The van der Waals surface area contributed by atoms with Gasteiger partial charge < -0.3 is 9.16 Å². The summed E-state index contributed by atoms with van der Waals surface area (Å²) >= 11 is 0. The van der Waals surface area contributed by atoms with Gasteiger partial charge in [-0.3, -0.25) is 10.1 Å². The highest BCUT2D eigenvalue weighted by Gasteiger charge is 2.36. The van der Waals surface area contributed by atoms with Crippen LogP contribution in [0.3, 0.4) is 0 Å². The number of nitrogens with zero attached hydrogens (tertiary/aromatic N) is 1. The van der Waals surface area contributed by atoms with Crippen LogP contribution in [-0.2, 0) is 20.4 Å². The molecule has 1 heterocycles. The lowest BCUT2D eigenvalue weighted by Crippen LogP contribution is -2.41.